The summed E-state index contributed by atoms with van der Waals surface area (Å²) in [4.78, 5) is 0. The highest BCUT2D eigenvalue weighted by Crippen LogP contribution is 2.13. The van der Waals surface area contributed by atoms with Crippen molar-refractivity contribution in [3.63, 3.8) is 0 Å². The van der Waals surface area contributed by atoms with E-state index in [0.717, 1.165) is 5.56 Å². The standard InChI is InChI=1S/C10H11ClN4O2S/c1-15-9(13-14-10(15)18(12,16)17)6-7-2-4-8(11)5-3-7/h2-5H,6H2,1H3,(H2,12,16,17). The molecule has 2 rings (SSSR count). The van der Waals surface area contributed by atoms with Gasteiger partial charge in [0, 0.05) is 18.5 Å². The van der Waals surface area contributed by atoms with Crippen LogP contribution in [0, 0.1) is 0 Å². The molecule has 0 radical (unpaired) electrons. The van der Waals surface area contributed by atoms with Gasteiger partial charge in [-0.2, -0.15) is 0 Å². The monoisotopic (exact) mass is 286 g/mol. The molecule has 0 bridgehead atoms. The van der Waals surface area contributed by atoms with Crippen molar-refractivity contribution in [2.45, 2.75) is 11.6 Å². The number of benzene rings is 1. The molecule has 0 atom stereocenters. The minimum absolute atomic E-state index is 0.244. The van der Waals surface area contributed by atoms with Gasteiger partial charge in [-0.25, -0.2) is 13.6 Å². The third kappa shape index (κ3) is 2.69. The molecule has 0 unspecified atom stereocenters. The molecule has 96 valence electrons. The molecular formula is C10H11ClN4O2S. The van der Waals surface area contributed by atoms with Crippen LogP contribution >= 0.6 is 11.6 Å². The van der Waals surface area contributed by atoms with Crippen LogP contribution < -0.4 is 5.14 Å². The average molecular weight is 287 g/mol. The number of nitrogens with zero attached hydrogens (tertiary/aromatic N) is 3. The van der Waals surface area contributed by atoms with E-state index in [1.165, 1.54) is 4.57 Å². The number of aromatic nitrogens is 3. The van der Waals surface area contributed by atoms with Crippen LogP contribution in [0.5, 0.6) is 0 Å². The fraction of sp³-hybridized carbons (Fsp3) is 0.200. The Morgan fingerprint density at radius 2 is 1.89 bits per heavy atom. The van der Waals surface area contributed by atoms with Crippen LogP contribution in [0.4, 0.5) is 0 Å². The van der Waals surface area contributed by atoms with Gasteiger partial charge in [-0.05, 0) is 17.7 Å². The third-order valence-electron chi connectivity index (χ3n) is 2.46. The van der Waals surface area contributed by atoms with E-state index in [9.17, 15) is 8.42 Å². The van der Waals surface area contributed by atoms with Crippen LogP contribution in [-0.2, 0) is 23.5 Å². The molecule has 0 amide bonds. The van der Waals surface area contributed by atoms with Gasteiger partial charge in [-0.1, -0.05) is 23.7 Å². The lowest BCUT2D eigenvalue weighted by atomic mass is 10.1. The molecule has 6 nitrogen and oxygen atoms in total. The molecule has 2 N–H and O–H groups in total. The first kappa shape index (κ1) is 13.0. The molecule has 1 heterocycles. The van der Waals surface area contributed by atoms with E-state index in [2.05, 4.69) is 10.2 Å². The Morgan fingerprint density at radius 1 is 1.28 bits per heavy atom. The smallest absolute Gasteiger partial charge is 0.273 e. The van der Waals surface area contributed by atoms with E-state index in [-0.39, 0.29) is 5.16 Å². The van der Waals surface area contributed by atoms with E-state index >= 15 is 0 Å². The summed E-state index contributed by atoms with van der Waals surface area (Å²) in [7, 11) is -2.28. The number of hydrogen-bond donors (Lipinski definition) is 1. The summed E-state index contributed by atoms with van der Waals surface area (Å²) in [6.45, 7) is 0. The molecular weight excluding hydrogens is 276 g/mol. The molecule has 0 spiro atoms. The summed E-state index contributed by atoms with van der Waals surface area (Å²) in [6.07, 6.45) is 0.455. The second kappa shape index (κ2) is 4.68. The van der Waals surface area contributed by atoms with Crippen molar-refractivity contribution in [1.29, 1.82) is 0 Å². The Balaban J connectivity index is 2.31. The zero-order valence-electron chi connectivity index (χ0n) is 9.54. The number of sulfonamides is 1. The maximum absolute atomic E-state index is 11.2. The van der Waals surface area contributed by atoms with Crippen LogP contribution in [0.15, 0.2) is 29.4 Å². The molecule has 0 saturated carbocycles. The van der Waals surface area contributed by atoms with E-state index in [0.29, 0.717) is 17.3 Å². The lowest BCUT2D eigenvalue weighted by molar-refractivity contribution is 0.578. The average Bonchev–Trinajstić information content (AvgIpc) is 2.63. The highest BCUT2D eigenvalue weighted by molar-refractivity contribution is 7.89. The SMILES string of the molecule is Cn1c(Cc2ccc(Cl)cc2)nnc1S(N)(=O)=O. The van der Waals surface area contributed by atoms with E-state index in [1.807, 2.05) is 12.1 Å². The Morgan fingerprint density at radius 3 is 2.39 bits per heavy atom. The molecule has 0 aliphatic rings. The molecule has 2 aromatic rings. The van der Waals surface area contributed by atoms with Gasteiger partial charge in [0.15, 0.2) is 0 Å². The lowest BCUT2D eigenvalue weighted by Crippen LogP contribution is -2.17. The maximum atomic E-state index is 11.2. The topological polar surface area (TPSA) is 90.9 Å². The zero-order valence-corrected chi connectivity index (χ0v) is 11.1. The zero-order chi connectivity index (χ0) is 13.3. The summed E-state index contributed by atoms with van der Waals surface area (Å²) >= 11 is 5.78. The number of nitrogens with two attached hydrogens (primary N) is 1. The Kier molecular flexibility index (Phi) is 3.38. The van der Waals surface area contributed by atoms with Crippen molar-refractivity contribution in [2.24, 2.45) is 12.2 Å². The summed E-state index contributed by atoms with van der Waals surface area (Å²) in [6, 6.07) is 7.20. The highest BCUT2D eigenvalue weighted by Gasteiger charge is 2.18. The molecule has 0 aliphatic carbocycles. The molecule has 1 aromatic heterocycles. The Hall–Kier alpha value is -1.44. The van der Waals surface area contributed by atoms with Crippen LogP contribution in [0.25, 0.3) is 0 Å². The van der Waals surface area contributed by atoms with Gasteiger partial charge in [0.1, 0.15) is 5.82 Å². The van der Waals surface area contributed by atoms with Crippen molar-refractivity contribution < 1.29 is 8.42 Å². The van der Waals surface area contributed by atoms with Crippen LogP contribution in [0.2, 0.25) is 5.02 Å². The number of primary sulfonamides is 1. The maximum Gasteiger partial charge on any atom is 0.273 e. The van der Waals surface area contributed by atoms with Crippen molar-refractivity contribution in [3.05, 3.63) is 40.7 Å². The molecule has 1 aromatic carbocycles. The predicted octanol–water partition coefficient (Wildman–Crippen LogP) is 0.707. The van der Waals surface area contributed by atoms with Crippen molar-refractivity contribution in [1.82, 2.24) is 14.8 Å². The first-order chi connectivity index (χ1) is 8.38. The fourth-order valence-corrected chi connectivity index (χ4v) is 2.30. The number of halogens is 1. The first-order valence-electron chi connectivity index (χ1n) is 5.03. The highest BCUT2D eigenvalue weighted by atomic mass is 35.5. The van der Waals surface area contributed by atoms with Crippen LogP contribution in [0.1, 0.15) is 11.4 Å². The third-order valence-corrected chi connectivity index (χ3v) is 3.57. The normalized spacial score (nSPS) is 11.7. The molecule has 0 fully saturated rings. The minimum atomic E-state index is -3.84. The van der Waals surface area contributed by atoms with E-state index < -0.39 is 10.0 Å². The number of rotatable bonds is 3. The summed E-state index contributed by atoms with van der Waals surface area (Å²) < 4.78 is 23.8. The Labute approximate surface area is 109 Å². The number of hydrogen-bond acceptors (Lipinski definition) is 4. The lowest BCUT2D eigenvalue weighted by Gasteiger charge is -2.02. The van der Waals surface area contributed by atoms with Crippen molar-refractivity contribution >= 4 is 21.6 Å². The second-order valence-corrected chi connectivity index (χ2v) is 5.70. The van der Waals surface area contributed by atoms with E-state index in [4.69, 9.17) is 16.7 Å². The summed E-state index contributed by atoms with van der Waals surface area (Å²) in [5.41, 5.74) is 0.955. The molecule has 18 heavy (non-hydrogen) atoms. The van der Waals surface area contributed by atoms with Crippen molar-refractivity contribution in [3.8, 4) is 0 Å². The van der Waals surface area contributed by atoms with E-state index in [1.54, 1.807) is 19.2 Å². The molecule has 8 heteroatoms. The van der Waals surface area contributed by atoms with Crippen LogP contribution in [0.3, 0.4) is 0 Å². The van der Waals surface area contributed by atoms with Gasteiger partial charge < -0.3 is 4.57 Å². The van der Waals surface area contributed by atoms with Gasteiger partial charge in [0.25, 0.3) is 15.2 Å². The molecule has 0 saturated heterocycles. The quantitative estimate of drug-likeness (QED) is 0.899. The van der Waals surface area contributed by atoms with Gasteiger partial charge in [-0.3, -0.25) is 0 Å². The summed E-state index contributed by atoms with van der Waals surface area (Å²) in [5, 5.41) is 12.8. The summed E-state index contributed by atoms with van der Waals surface area (Å²) in [5.74, 6) is 0.515. The Bertz CT molecular complexity index is 664. The fourth-order valence-electron chi connectivity index (χ4n) is 1.53. The molecule has 0 aliphatic heterocycles. The minimum Gasteiger partial charge on any atom is -0.304 e. The largest absolute Gasteiger partial charge is 0.304 e. The van der Waals surface area contributed by atoms with Crippen LogP contribution in [-0.4, -0.2) is 23.2 Å². The second-order valence-electron chi connectivity index (χ2n) is 3.81. The van der Waals surface area contributed by atoms with Crippen molar-refractivity contribution in [2.75, 3.05) is 0 Å². The van der Waals surface area contributed by atoms with Gasteiger partial charge in [0.2, 0.25) is 0 Å². The first-order valence-corrected chi connectivity index (χ1v) is 6.96. The predicted molar refractivity (Wildman–Crippen MR) is 66.6 cm³/mol. The van der Waals surface area contributed by atoms with Gasteiger partial charge >= 0.3 is 0 Å². The van der Waals surface area contributed by atoms with Gasteiger partial charge in [0.05, 0.1) is 0 Å². The van der Waals surface area contributed by atoms with Gasteiger partial charge in [-0.15, -0.1) is 10.2 Å².